The Morgan fingerprint density at radius 1 is 1.35 bits per heavy atom. The minimum atomic E-state index is -1.01. The largest absolute Gasteiger partial charge is 0.430 e. The molecule has 0 spiro atoms. The molecule has 5 amide bonds. The van der Waals surface area contributed by atoms with Crippen molar-refractivity contribution < 1.29 is 28.9 Å². The van der Waals surface area contributed by atoms with E-state index in [0.29, 0.717) is 24.3 Å². The summed E-state index contributed by atoms with van der Waals surface area (Å²) in [6, 6.07) is -0.0710. The summed E-state index contributed by atoms with van der Waals surface area (Å²) in [5.41, 5.74) is 6.34. The summed E-state index contributed by atoms with van der Waals surface area (Å²) < 4.78 is -0.772. The van der Waals surface area contributed by atoms with Gasteiger partial charge in [-0.1, -0.05) is 25.7 Å². The van der Waals surface area contributed by atoms with E-state index in [1.807, 2.05) is 0 Å². The highest BCUT2D eigenvalue weighted by Crippen LogP contribution is 2.36. The Balaban J connectivity index is 1.94. The van der Waals surface area contributed by atoms with E-state index < -0.39 is 34.3 Å². The lowest BCUT2D eigenvalue weighted by Crippen LogP contribution is -2.67. The number of likely N-dealkylation sites (tertiary alicyclic amines) is 1. The number of carbonyl (C=O) groups is 4. The fraction of sp³-hybridized carbons (Fsp3) is 0.650. The molecule has 3 atom stereocenters. The Kier molecular flexibility index (Phi) is 7.06. The van der Waals surface area contributed by atoms with Crippen LogP contribution < -0.4 is 11.1 Å². The number of quaternary nitrogens is 1. The molecule has 2 fully saturated rings. The summed E-state index contributed by atoms with van der Waals surface area (Å²) in [5.74, 6) is -1.52. The molecule has 1 aliphatic heterocycles. The van der Waals surface area contributed by atoms with Crippen LogP contribution in [0, 0.1) is 18.8 Å². The van der Waals surface area contributed by atoms with Crippen molar-refractivity contribution in [3.63, 3.8) is 0 Å². The Labute approximate surface area is 180 Å². The highest BCUT2D eigenvalue weighted by Gasteiger charge is 2.59. The van der Waals surface area contributed by atoms with Crippen LogP contribution in [0.2, 0.25) is 0 Å². The monoisotopic (exact) mass is 435 g/mol. The zero-order chi connectivity index (χ0) is 22.6. The number of hydroxylamine groups is 2. The Morgan fingerprint density at radius 2 is 2.06 bits per heavy atom. The van der Waals surface area contributed by atoms with Crippen LogP contribution in [-0.2, 0) is 14.4 Å². The van der Waals surface area contributed by atoms with Crippen molar-refractivity contribution in [2.75, 3.05) is 18.4 Å². The molecule has 1 unspecified atom stereocenters. The molecule has 1 aromatic rings. The van der Waals surface area contributed by atoms with Gasteiger partial charge in [0.05, 0.1) is 19.0 Å². The first-order chi connectivity index (χ1) is 14.8. The molecule has 170 valence electrons. The van der Waals surface area contributed by atoms with Gasteiger partial charge in [0.1, 0.15) is 0 Å². The molecule has 0 radical (unpaired) electrons. The Morgan fingerprint density at radius 3 is 2.65 bits per heavy atom. The lowest BCUT2D eigenvalue weighted by Gasteiger charge is -2.36. The standard InChI is InChI=1S/C20H30N6O5/c1-13-9-17(24-23-13)22-20(30)26(8-4-7-16(26)18(21)28)19(29)15(11-25(31)12-27)10-14-5-2-3-6-14/h9,12,14-16,31H,2-8,10-11H2,1H3,(H3-,21,22,23,24,28,30)/p+1/t15-,16+,26?/m1/s1. The van der Waals surface area contributed by atoms with E-state index in [4.69, 9.17) is 5.73 Å². The summed E-state index contributed by atoms with van der Waals surface area (Å²) in [4.78, 5) is 50.6. The molecule has 2 aliphatic rings. The number of imide groups is 1. The van der Waals surface area contributed by atoms with Crippen LogP contribution in [-0.4, -0.2) is 68.3 Å². The molecule has 0 bridgehead atoms. The number of H-pyrrole nitrogens is 1. The molecule has 31 heavy (non-hydrogen) atoms. The maximum absolute atomic E-state index is 13.9. The average Bonchev–Trinajstić information content (AvgIpc) is 3.48. The molecule has 1 aromatic heterocycles. The molecule has 1 saturated heterocycles. The SMILES string of the molecule is Cc1cc(NC(=O)[N+]2(C(=O)[C@H](CC3CCCC3)CN(O)C=O)CCC[C@H]2C(N)=O)n[nH]1. The number of aryl methyl sites for hydroxylation is 1. The number of urea groups is 1. The number of aromatic amines is 1. The number of nitrogens with two attached hydrogens (primary N) is 1. The summed E-state index contributed by atoms with van der Waals surface area (Å²) >= 11 is 0. The topological polar surface area (TPSA) is 158 Å². The first-order valence-corrected chi connectivity index (χ1v) is 10.7. The minimum Gasteiger partial charge on any atom is -0.364 e. The van der Waals surface area contributed by atoms with Crippen LogP contribution >= 0.6 is 0 Å². The van der Waals surface area contributed by atoms with Crippen molar-refractivity contribution in [1.29, 1.82) is 0 Å². The smallest absolute Gasteiger partial charge is 0.364 e. The normalized spacial score (nSPS) is 24.6. The van der Waals surface area contributed by atoms with E-state index >= 15 is 0 Å². The molecule has 1 aliphatic carbocycles. The van der Waals surface area contributed by atoms with E-state index in [1.54, 1.807) is 13.0 Å². The Hall–Kier alpha value is -2.79. The van der Waals surface area contributed by atoms with Gasteiger partial charge in [0.25, 0.3) is 5.91 Å². The lowest BCUT2D eigenvalue weighted by molar-refractivity contribution is -0.776. The third kappa shape index (κ3) is 4.77. The fourth-order valence-corrected chi connectivity index (χ4v) is 5.06. The molecule has 2 heterocycles. The summed E-state index contributed by atoms with van der Waals surface area (Å²) in [7, 11) is 0. The second kappa shape index (κ2) is 9.56. The van der Waals surface area contributed by atoms with Crippen molar-refractivity contribution in [3.05, 3.63) is 11.8 Å². The number of nitrogens with one attached hydrogen (secondary N) is 2. The number of carbonyl (C=O) groups excluding carboxylic acids is 4. The maximum atomic E-state index is 13.9. The van der Waals surface area contributed by atoms with E-state index in [9.17, 15) is 24.4 Å². The minimum absolute atomic E-state index is 0.120. The van der Waals surface area contributed by atoms with Gasteiger partial charge in [-0.05, 0) is 19.3 Å². The van der Waals surface area contributed by atoms with Crippen LogP contribution in [0.25, 0.3) is 0 Å². The highest BCUT2D eigenvalue weighted by atomic mass is 16.5. The van der Waals surface area contributed by atoms with Crippen LogP contribution in [0.4, 0.5) is 10.6 Å². The number of hydrogen-bond donors (Lipinski definition) is 4. The van der Waals surface area contributed by atoms with Crippen molar-refractivity contribution in [3.8, 4) is 0 Å². The van der Waals surface area contributed by atoms with Crippen LogP contribution in [0.3, 0.4) is 0 Å². The molecule has 11 nitrogen and oxygen atoms in total. The molecule has 11 heteroatoms. The third-order valence-electron chi connectivity index (χ3n) is 6.52. The molecular formula is C20H31N6O5+. The predicted octanol–water partition coefficient (Wildman–Crippen LogP) is 1.29. The number of nitrogens with zero attached hydrogens (tertiary/aromatic N) is 3. The number of rotatable bonds is 8. The Bertz CT molecular complexity index is 836. The van der Waals surface area contributed by atoms with E-state index in [2.05, 4.69) is 15.5 Å². The van der Waals surface area contributed by atoms with Gasteiger partial charge in [0, 0.05) is 24.6 Å². The molecule has 1 saturated carbocycles. The first-order valence-electron chi connectivity index (χ1n) is 10.7. The quantitative estimate of drug-likeness (QED) is 0.208. The third-order valence-corrected chi connectivity index (χ3v) is 6.52. The number of anilines is 1. The van der Waals surface area contributed by atoms with Gasteiger partial charge in [0.2, 0.25) is 6.41 Å². The molecule has 0 aromatic carbocycles. The van der Waals surface area contributed by atoms with Crippen LogP contribution in [0.5, 0.6) is 0 Å². The van der Waals surface area contributed by atoms with Gasteiger partial charge < -0.3 is 5.73 Å². The van der Waals surface area contributed by atoms with Gasteiger partial charge in [-0.25, -0.2) is 14.7 Å². The van der Waals surface area contributed by atoms with Gasteiger partial charge in [-0.3, -0.25) is 25.2 Å². The second-order valence-electron chi connectivity index (χ2n) is 8.67. The number of primary amides is 1. The first kappa shape index (κ1) is 22.9. The van der Waals surface area contributed by atoms with E-state index in [0.717, 1.165) is 31.4 Å². The summed E-state index contributed by atoms with van der Waals surface area (Å²) in [5, 5.41) is 19.6. The molecular weight excluding hydrogens is 404 g/mol. The zero-order valence-electron chi connectivity index (χ0n) is 17.7. The maximum Gasteiger partial charge on any atom is 0.430 e. The van der Waals surface area contributed by atoms with Crippen molar-refractivity contribution >= 4 is 30.1 Å². The van der Waals surface area contributed by atoms with Gasteiger partial charge >= 0.3 is 11.9 Å². The molecule has 5 N–H and O–H groups in total. The number of hydrogen-bond acceptors (Lipinski definition) is 6. The zero-order valence-corrected chi connectivity index (χ0v) is 17.7. The second-order valence-corrected chi connectivity index (χ2v) is 8.67. The summed E-state index contributed by atoms with van der Waals surface area (Å²) in [6.07, 6.45) is 5.48. The van der Waals surface area contributed by atoms with Crippen molar-refractivity contribution in [2.45, 2.75) is 57.9 Å². The van der Waals surface area contributed by atoms with Crippen LogP contribution in [0.15, 0.2) is 6.07 Å². The summed E-state index contributed by atoms with van der Waals surface area (Å²) in [6.45, 7) is 1.65. The average molecular weight is 436 g/mol. The predicted molar refractivity (Wildman–Crippen MR) is 109 cm³/mol. The van der Waals surface area contributed by atoms with Crippen molar-refractivity contribution in [2.24, 2.45) is 17.6 Å². The van der Waals surface area contributed by atoms with E-state index in [1.165, 1.54) is 0 Å². The molecule has 3 rings (SSSR count). The van der Waals surface area contributed by atoms with Crippen molar-refractivity contribution in [1.82, 2.24) is 15.3 Å². The van der Waals surface area contributed by atoms with Gasteiger partial charge in [0.15, 0.2) is 11.9 Å². The van der Waals surface area contributed by atoms with Gasteiger partial charge in [-0.2, -0.15) is 9.58 Å². The lowest BCUT2D eigenvalue weighted by atomic mass is 9.90. The van der Waals surface area contributed by atoms with Crippen LogP contribution in [0.1, 0.15) is 50.6 Å². The highest BCUT2D eigenvalue weighted by molar-refractivity contribution is 5.96. The number of amides is 5. The fourth-order valence-electron chi connectivity index (χ4n) is 5.06. The van der Waals surface area contributed by atoms with Gasteiger partial charge in [-0.15, -0.1) is 0 Å². The van der Waals surface area contributed by atoms with E-state index in [-0.39, 0.29) is 31.2 Å². The number of aromatic nitrogens is 2.